The van der Waals surface area contributed by atoms with Gasteiger partial charge in [-0.15, -0.1) is 0 Å². The van der Waals surface area contributed by atoms with Crippen molar-refractivity contribution in [1.82, 2.24) is 10.4 Å². The van der Waals surface area contributed by atoms with E-state index in [1.54, 1.807) is 0 Å². The van der Waals surface area contributed by atoms with Gasteiger partial charge in [0.05, 0.1) is 6.10 Å². The third kappa shape index (κ3) is 2.72. The Kier molecular flexibility index (Phi) is 3.22. The molecular weight excluding hydrogens is 176 g/mol. The first kappa shape index (κ1) is 11.5. The molecule has 0 aliphatic carbocycles. The van der Waals surface area contributed by atoms with Crippen LogP contribution in [0.2, 0.25) is 0 Å². The maximum absolute atomic E-state index is 5.80. The number of nitrogens with one attached hydrogen (secondary N) is 1. The average molecular weight is 198 g/mol. The van der Waals surface area contributed by atoms with Gasteiger partial charge in [0.25, 0.3) is 0 Å². The van der Waals surface area contributed by atoms with Gasteiger partial charge in [-0.3, -0.25) is 0 Å². The van der Waals surface area contributed by atoms with Gasteiger partial charge in [0.2, 0.25) is 0 Å². The quantitative estimate of drug-likeness (QED) is 0.735. The van der Waals surface area contributed by atoms with E-state index >= 15 is 0 Å². The van der Waals surface area contributed by atoms with Crippen molar-refractivity contribution in [1.29, 1.82) is 0 Å². The summed E-state index contributed by atoms with van der Waals surface area (Å²) < 4.78 is 5.80. The van der Waals surface area contributed by atoms with E-state index in [0.29, 0.717) is 0 Å². The maximum atomic E-state index is 5.80. The van der Waals surface area contributed by atoms with Crippen molar-refractivity contribution in [3.05, 3.63) is 11.8 Å². The molecule has 1 aliphatic rings. The number of hydrazine groups is 1. The summed E-state index contributed by atoms with van der Waals surface area (Å²) in [5.74, 6) is 0. The Labute approximate surface area is 87.1 Å². The number of ether oxygens (including phenoxy) is 1. The topological polar surface area (TPSA) is 24.5 Å². The summed E-state index contributed by atoms with van der Waals surface area (Å²) in [7, 11) is 2.00. The molecule has 0 aromatic heterocycles. The van der Waals surface area contributed by atoms with E-state index in [-0.39, 0.29) is 17.7 Å². The Morgan fingerprint density at radius 3 is 2.43 bits per heavy atom. The van der Waals surface area contributed by atoms with E-state index in [4.69, 9.17) is 4.74 Å². The van der Waals surface area contributed by atoms with Crippen LogP contribution in [0.25, 0.3) is 0 Å². The van der Waals surface area contributed by atoms with Gasteiger partial charge >= 0.3 is 0 Å². The zero-order valence-electron chi connectivity index (χ0n) is 10.1. The SMILES string of the molecule is CC(C)OC1NN(C)C=C1C(C)(C)C. The monoisotopic (exact) mass is 198 g/mol. The first-order valence-corrected chi connectivity index (χ1v) is 5.17. The normalized spacial score (nSPS) is 23.2. The lowest BCUT2D eigenvalue weighted by Crippen LogP contribution is -2.39. The zero-order valence-corrected chi connectivity index (χ0v) is 10.1. The third-order valence-electron chi connectivity index (χ3n) is 2.21. The van der Waals surface area contributed by atoms with Crippen molar-refractivity contribution in [2.24, 2.45) is 5.41 Å². The van der Waals surface area contributed by atoms with Crippen molar-refractivity contribution in [2.45, 2.75) is 47.0 Å². The summed E-state index contributed by atoms with van der Waals surface area (Å²) in [5.41, 5.74) is 4.71. The number of nitrogens with zero attached hydrogens (tertiary/aromatic N) is 1. The minimum absolute atomic E-state index is 0.0278. The molecule has 0 radical (unpaired) electrons. The second-order valence-corrected chi connectivity index (χ2v) is 5.14. The molecule has 3 heteroatoms. The summed E-state index contributed by atoms with van der Waals surface area (Å²) in [4.78, 5) is 0. The minimum atomic E-state index is 0.0278. The van der Waals surface area contributed by atoms with Gasteiger partial charge < -0.3 is 9.75 Å². The molecule has 0 bridgehead atoms. The van der Waals surface area contributed by atoms with Crippen molar-refractivity contribution in [3.63, 3.8) is 0 Å². The molecule has 1 rings (SSSR count). The van der Waals surface area contributed by atoms with Crippen molar-refractivity contribution in [3.8, 4) is 0 Å². The van der Waals surface area contributed by atoms with E-state index in [9.17, 15) is 0 Å². The summed E-state index contributed by atoms with van der Waals surface area (Å²) in [5, 5.41) is 1.97. The Morgan fingerprint density at radius 2 is 2.00 bits per heavy atom. The van der Waals surface area contributed by atoms with Crippen LogP contribution >= 0.6 is 0 Å². The van der Waals surface area contributed by atoms with Gasteiger partial charge in [-0.05, 0) is 24.8 Å². The Bertz CT molecular complexity index is 228. The van der Waals surface area contributed by atoms with Crippen LogP contribution in [0.15, 0.2) is 11.8 Å². The average Bonchev–Trinajstić information content (AvgIpc) is 2.28. The fraction of sp³-hybridized carbons (Fsp3) is 0.818. The second-order valence-electron chi connectivity index (χ2n) is 5.14. The van der Waals surface area contributed by atoms with E-state index in [2.05, 4.69) is 46.2 Å². The molecule has 0 fully saturated rings. The van der Waals surface area contributed by atoms with Gasteiger partial charge in [-0.2, -0.15) is 0 Å². The summed E-state index contributed by atoms with van der Waals surface area (Å²) >= 11 is 0. The van der Waals surface area contributed by atoms with Gasteiger partial charge in [-0.1, -0.05) is 20.8 Å². The van der Waals surface area contributed by atoms with Crippen molar-refractivity contribution < 1.29 is 4.74 Å². The predicted molar refractivity (Wildman–Crippen MR) is 58.4 cm³/mol. The molecule has 0 saturated carbocycles. The lowest BCUT2D eigenvalue weighted by Gasteiger charge is -2.27. The smallest absolute Gasteiger partial charge is 0.149 e. The highest BCUT2D eigenvalue weighted by atomic mass is 16.5. The Hall–Kier alpha value is -0.540. The van der Waals surface area contributed by atoms with E-state index in [1.165, 1.54) is 5.57 Å². The van der Waals surface area contributed by atoms with E-state index in [0.717, 1.165) is 0 Å². The first-order chi connectivity index (χ1) is 6.30. The van der Waals surface area contributed by atoms with Crippen LogP contribution in [-0.4, -0.2) is 24.4 Å². The molecule has 1 N–H and O–H groups in total. The Balaban J connectivity index is 2.74. The zero-order chi connectivity index (χ0) is 10.9. The minimum Gasteiger partial charge on any atom is -0.355 e. The van der Waals surface area contributed by atoms with Crippen LogP contribution in [0.5, 0.6) is 0 Å². The predicted octanol–water partition coefficient (Wildman–Crippen LogP) is 2.12. The molecule has 82 valence electrons. The van der Waals surface area contributed by atoms with Crippen molar-refractivity contribution in [2.75, 3.05) is 7.05 Å². The summed E-state index contributed by atoms with van der Waals surface area (Å²) in [6.07, 6.45) is 2.39. The highest BCUT2D eigenvalue weighted by Crippen LogP contribution is 2.31. The lowest BCUT2D eigenvalue weighted by atomic mass is 9.86. The fourth-order valence-electron chi connectivity index (χ4n) is 1.53. The molecule has 1 unspecified atom stereocenters. The molecule has 1 aliphatic heterocycles. The standard InChI is InChI=1S/C11H22N2O/c1-8(2)14-10-9(11(3,4)5)7-13(6)12-10/h7-8,10,12H,1-6H3. The van der Waals surface area contributed by atoms with Crippen LogP contribution in [0.1, 0.15) is 34.6 Å². The van der Waals surface area contributed by atoms with Crippen LogP contribution < -0.4 is 5.43 Å². The third-order valence-corrected chi connectivity index (χ3v) is 2.21. The highest BCUT2D eigenvalue weighted by molar-refractivity contribution is 5.18. The van der Waals surface area contributed by atoms with E-state index in [1.807, 2.05) is 12.1 Å². The van der Waals surface area contributed by atoms with Gasteiger partial charge in [-0.25, -0.2) is 5.43 Å². The molecule has 0 saturated heterocycles. The largest absolute Gasteiger partial charge is 0.355 e. The van der Waals surface area contributed by atoms with Crippen LogP contribution in [0, 0.1) is 5.41 Å². The van der Waals surface area contributed by atoms with Gasteiger partial charge in [0.1, 0.15) is 6.23 Å². The molecule has 0 amide bonds. The van der Waals surface area contributed by atoms with Gasteiger partial charge in [0, 0.05) is 13.2 Å². The molecule has 0 aromatic carbocycles. The summed E-state index contributed by atoms with van der Waals surface area (Å²) in [6, 6.07) is 0. The maximum Gasteiger partial charge on any atom is 0.149 e. The number of rotatable bonds is 2. The molecule has 1 heterocycles. The van der Waals surface area contributed by atoms with Crippen molar-refractivity contribution >= 4 is 0 Å². The molecule has 0 spiro atoms. The Morgan fingerprint density at radius 1 is 1.43 bits per heavy atom. The molecular formula is C11H22N2O. The molecule has 3 nitrogen and oxygen atoms in total. The first-order valence-electron chi connectivity index (χ1n) is 5.17. The van der Waals surface area contributed by atoms with Crippen LogP contribution in [-0.2, 0) is 4.74 Å². The molecule has 1 atom stereocenters. The second kappa shape index (κ2) is 3.91. The highest BCUT2D eigenvalue weighted by Gasteiger charge is 2.31. The number of hydrogen-bond donors (Lipinski definition) is 1. The fourth-order valence-corrected chi connectivity index (χ4v) is 1.53. The lowest BCUT2D eigenvalue weighted by molar-refractivity contribution is -0.0129. The van der Waals surface area contributed by atoms with Crippen LogP contribution in [0.4, 0.5) is 0 Å². The molecule has 0 aromatic rings. The van der Waals surface area contributed by atoms with E-state index < -0.39 is 0 Å². The number of hydrogen-bond acceptors (Lipinski definition) is 3. The molecule has 14 heavy (non-hydrogen) atoms. The van der Waals surface area contributed by atoms with Gasteiger partial charge in [0.15, 0.2) is 0 Å². The van der Waals surface area contributed by atoms with Crippen LogP contribution in [0.3, 0.4) is 0 Å². The summed E-state index contributed by atoms with van der Waals surface area (Å²) in [6.45, 7) is 10.7.